The molecule has 1 amide bonds. The van der Waals surface area contributed by atoms with Gasteiger partial charge in [0.05, 0.1) is 6.07 Å². The molecule has 2 rings (SSSR count). The van der Waals surface area contributed by atoms with Gasteiger partial charge in [0.1, 0.15) is 0 Å². The highest BCUT2D eigenvalue weighted by molar-refractivity contribution is 6.30. The Kier molecular flexibility index (Phi) is 5.43. The largest absolute Gasteiger partial charge is 0.343 e. The Hall–Kier alpha value is -1.53. The summed E-state index contributed by atoms with van der Waals surface area (Å²) in [5.41, 5.74) is 1.17. The molecule has 3 nitrogen and oxygen atoms in total. The number of amides is 1. The molecule has 0 atom stereocenters. The predicted octanol–water partition coefficient (Wildman–Crippen LogP) is 3.42. The maximum atomic E-state index is 12.1. The molecule has 1 aromatic rings. The van der Waals surface area contributed by atoms with E-state index in [4.69, 9.17) is 16.9 Å². The first-order chi connectivity index (χ1) is 9.69. The Morgan fingerprint density at radius 2 is 2.15 bits per heavy atom. The highest BCUT2D eigenvalue weighted by atomic mass is 35.5. The van der Waals surface area contributed by atoms with Crippen LogP contribution in [-0.4, -0.2) is 23.9 Å². The number of aryl methyl sites for hydroxylation is 1. The molecule has 0 radical (unpaired) electrons. The minimum Gasteiger partial charge on any atom is -0.343 e. The van der Waals surface area contributed by atoms with Gasteiger partial charge in [-0.3, -0.25) is 4.79 Å². The Morgan fingerprint density at radius 1 is 1.40 bits per heavy atom. The molecule has 4 heteroatoms. The predicted molar refractivity (Wildman–Crippen MR) is 79.3 cm³/mol. The molecule has 1 saturated heterocycles. The molecule has 0 aliphatic carbocycles. The van der Waals surface area contributed by atoms with E-state index >= 15 is 0 Å². The molecule has 0 spiro atoms. The van der Waals surface area contributed by atoms with E-state index in [1.54, 1.807) is 0 Å². The first kappa shape index (κ1) is 14.9. The molecule has 20 heavy (non-hydrogen) atoms. The van der Waals surface area contributed by atoms with Crippen molar-refractivity contribution in [2.24, 2.45) is 5.92 Å². The van der Waals surface area contributed by atoms with Gasteiger partial charge in [-0.05, 0) is 43.4 Å². The van der Waals surface area contributed by atoms with Crippen molar-refractivity contribution >= 4 is 17.5 Å². The van der Waals surface area contributed by atoms with E-state index in [1.807, 2.05) is 29.2 Å². The number of carbonyl (C=O) groups is 1. The number of carbonyl (C=O) groups excluding carboxylic acids is 1. The summed E-state index contributed by atoms with van der Waals surface area (Å²) < 4.78 is 0. The average molecular weight is 291 g/mol. The molecule has 1 fully saturated rings. The number of piperidine rings is 1. The number of benzene rings is 1. The van der Waals surface area contributed by atoms with Crippen LogP contribution in [-0.2, 0) is 11.2 Å². The van der Waals surface area contributed by atoms with Gasteiger partial charge < -0.3 is 4.90 Å². The van der Waals surface area contributed by atoms with Crippen LogP contribution in [0, 0.1) is 17.2 Å². The summed E-state index contributed by atoms with van der Waals surface area (Å²) in [6.45, 7) is 1.46. The zero-order valence-corrected chi connectivity index (χ0v) is 12.3. The summed E-state index contributed by atoms with van der Waals surface area (Å²) in [4.78, 5) is 14.0. The summed E-state index contributed by atoms with van der Waals surface area (Å²) in [5.74, 6) is 0.342. The zero-order valence-electron chi connectivity index (χ0n) is 11.5. The first-order valence-corrected chi connectivity index (χ1v) is 7.48. The average Bonchev–Trinajstić information content (AvgIpc) is 2.47. The molecule has 0 saturated carbocycles. The SMILES string of the molecule is N#CC1CCN(C(=O)CCCc2cccc(Cl)c2)CC1. The summed E-state index contributed by atoms with van der Waals surface area (Å²) >= 11 is 5.93. The van der Waals surface area contributed by atoms with Gasteiger partial charge in [0.25, 0.3) is 0 Å². The van der Waals surface area contributed by atoms with Gasteiger partial charge in [0.2, 0.25) is 5.91 Å². The van der Waals surface area contributed by atoms with Crippen molar-refractivity contribution in [2.45, 2.75) is 32.1 Å². The van der Waals surface area contributed by atoms with Gasteiger partial charge in [0.15, 0.2) is 0 Å². The molecule has 1 aliphatic heterocycles. The molecule has 1 aliphatic rings. The Bertz CT molecular complexity index is 501. The fourth-order valence-electron chi connectivity index (χ4n) is 2.55. The van der Waals surface area contributed by atoms with E-state index in [9.17, 15) is 4.79 Å². The second-order valence-corrected chi connectivity index (χ2v) is 5.70. The van der Waals surface area contributed by atoms with E-state index in [2.05, 4.69) is 6.07 Å². The van der Waals surface area contributed by atoms with Gasteiger partial charge >= 0.3 is 0 Å². The van der Waals surface area contributed by atoms with Crippen LogP contribution in [0.2, 0.25) is 5.02 Å². The molecule has 1 heterocycles. The summed E-state index contributed by atoms with van der Waals surface area (Å²) in [6, 6.07) is 10.1. The summed E-state index contributed by atoms with van der Waals surface area (Å²) in [7, 11) is 0. The molecule has 0 bridgehead atoms. The van der Waals surface area contributed by atoms with Gasteiger partial charge in [-0.15, -0.1) is 0 Å². The second kappa shape index (κ2) is 7.31. The number of hydrogen-bond donors (Lipinski definition) is 0. The molecule has 106 valence electrons. The molecule has 0 unspecified atom stereocenters. The summed E-state index contributed by atoms with van der Waals surface area (Å²) in [5, 5.41) is 9.58. The van der Waals surface area contributed by atoms with Crippen LogP contribution in [0.25, 0.3) is 0 Å². The van der Waals surface area contributed by atoms with Crippen molar-refractivity contribution < 1.29 is 4.79 Å². The minimum atomic E-state index is 0.130. The van der Waals surface area contributed by atoms with Crippen molar-refractivity contribution in [3.05, 3.63) is 34.9 Å². The molecular weight excluding hydrogens is 272 g/mol. The van der Waals surface area contributed by atoms with Crippen molar-refractivity contribution in [3.8, 4) is 6.07 Å². The normalized spacial score (nSPS) is 15.9. The molecule has 0 aromatic heterocycles. The van der Waals surface area contributed by atoms with Crippen LogP contribution in [0.5, 0.6) is 0 Å². The highest BCUT2D eigenvalue weighted by Crippen LogP contribution is 2.18. The van der Waals surface area contributed by atoms with E-state index in [1.165, 1.54) is 5.56 Å². The Balaban J connectivity index is 1.72. The number of hydrogen-bond acceptors (Lipinski definition) is 2. The lowest BCUT2D eigenvalue weighted by atomic mass is 9.98. The third-order valence-electron chi connectivity index (χ3n) is 3.78. The van der Waals surface area contributed by atoms with Crippen LogP contribution < -0.4 is 0 Å². The molecule has 0 N–H and O–H groups in total. The third kappa shape index (κ3) is 4.25. The van der Waals surface area contributed by atoms with Crippen LogP contribution in [0.3, 0.4) is 0 Å². The highest BCUT2D eigenvalue weighted by Gasteiger charge is 2.21. The van der Waals surface area contributed by atoms with Crippen molar-refractivity contribution in [1.29, 1.82) is 5.26 Å². The number of nitriles is 1. The van der Waals surface area contributed by atoms with Crippen molar-refractivity contribution in [2.75, 3.05) is 13.1 Å². The van der Waals surface area contributed by atoms with E-state index in [0.717, 1.165) is 43.8 Å². The Labute approximate surface area is 125 Å². The maximum Gasteiger partial charge on any atom is 0.222 e. The number of likely N-dealkylation sites (tertiary alicyclic amines) is 1. The van der Waals surface area contributed by atoms with Crippen molar-refractivity contribution in [3.63, 3.8) is 0 Å². The smallest absolute Gasteiger partial charge is 0.222 e. The maximum absolute atomic E-state index is 12.1. The first-order valence-electron chi connectivity index (χ1n) is 7.11. The van der Waals surface area contributed by atoms with Crippen LogP contribution in [0.4, 0.5) is 0 Å². The van der Waals surface area contributed by atoms with E-state index in [-0.39, 0.29) is 11.8 Å². The minimum absolute atomic E-state index is 0.130. The number of halogens is 1. The zero-order chi connectivity index (χ0) is 14.4. The topological polar surface area (TPSA) is 44.1 Å². The monoisotopic (exact) mass is 290 g/mol. The van der Waals surface area contributed by atoms with Gasteiger partial charge in [-0.2, -0.15) is 5.26 Å². The van der Waals surface area contributed by atoms with Crippen molar-refractivity contribution in [1.82, 2.24) is 4.90 Å². The quantitative estimate of drug-likeness (QED) is 0.853. The standard InChI is InChI=1S/C16H19ClN2O/c17-15-5-1-3-13(11-15)4-2-6-16(20)19-9-7-14(12-18)8-10-19/h1,3,5,11,14H,2,4,6-10H2. The number of nitrogens with zero attached hydrogens (tertiary/aromatic N) is 2. The van der Waals surface area contributed by atoms with E-state index in [0.29, 0.717) is 6.42 Å². The van der Waals surface area contributed by atoms with Crippen LogP contribution in [0.1, 0.15) is 31.2 Å². The lowest BCUT2D eigenvalue weighted by Crippen LogP contribution is -2.38. The molecular formula is C16H19ClN2O. The van der Waals surface area contributed by atoms with Gasteiger partial charge in [-0.1, -0.05) is 23.7 Å². The lowest BCUT2D eigenvalue weighted by Gasteiger charge is -2.29. The molecule has 1 aromatic carbocycles. The van der Waals surface area contributed by atoms with Crippen LogP contribution in [0.15, 0.2) is 24.3 Å². The number of rotatable bonds is 4. The Morgan fingerprint density at radius 3 is 2.80 bits per heavy atom. The lowest BCUT2D eigenvalue weighted by molar-refractivity contribution is -0.132. The van der Waals surface area contributed by atoms with Crippen LogP contribution >= 0.6 is 11.6 Å². The fraction of sp³-hybridized carbons (Fsp3) is 0.500. The second-order valence-electron chi connectivity index (χ2n) is 5.27. The summed E-state index contributed by atoms with van der Waals surface area (Å²) in [6.07, 6.45) is 3.93. The van der Waals surface area contributed by atoms with Gasteiger partial charge in [0, 0.05) is 30.5 Å². The third-order valence-corrected chi connectivity index (χ3v) is 4.01. The fourth-order valence-corrected chi connectivity index (χ4v) is 2.77. The van der Waals surface area contributed by atoms with E-state index < -0.39 is 0 Å². The van der Waals surface area contributed by atoms with Gasteiger partial charge in [-0.25, -0.2) is 0 Å².